The lowest BCUT2D eigenvalue weighted by Gasteiger charge is -2.09. The van der Waals surface area contributed by atoms with Crippen molar-refractivity contribution in [1.82, 2.24) is 9.78 Å². The summed E-state index contributed by atoms with van der Waals surface area (Å²) in [6.45, 7) is 5.55. The molecule has 0 fully saturated rings. The average Bonchev–Trinajstić information content (AvgIpc) is 2.33. The summed E-state index contributed by atoms with van der Waals surface area (Å²) < 4.78 is 1.79. The first-order valence-electron chi connectivity index (χ1n) is 4.60. The zero-order valence-corrected chi connectivity index (χ0v) is 9.38. The van der Waals surface area contributed by atoms with E-state index in [1.807, 2.05) is 20.0 Å². The van der Waals surface area contributed by atoms with Gasteiger partial charge in [0.15, 0.2) is 0 Å². The maximum Gasteiger partial charge on any atom is 0.0847 e. The lowest BCUT2D eigenvalue weighted by Crippen LogP contribution is -2.23. The molecule has 1 aromatic rings. The van der Waals surface area contributed by atoms with E-state index < -0.39 is 0 Å². The molecule has 2 N–H and O–H groups in total. The van der Waals surface area contributed by atoms with Crippen molar-refractivity contribution >= 4 is 11.6 Å². The molecule has 78 valence electrons. The highest BCUT2D eigenvalue weighted by Crippen LogP contribution is 2.20. The van der Waals surface area contributed by atoms with Gasteiger partial charge in [0.1, 0.15) is 0 Å². The summed E-state index contributed by atoms with van der Waals surface area (Å²) in [6.07, 6.45) is 3.35. The van der Waals surface area contributed by atoms with Gasteiger partial charge in [-0.15, -0.1) is 6.58 Å². The molecule has 0 aliphatic rings. The number of aromatic nitrogens is 2. The summed E-state index contributed by atoms with van der Waals surface area (Å²) in [4.78, 5) is 0. The molecule has 0 aromatic carbocycles. The van der Waals surface area contributed by atoms with Crippen LogP contribution in [0.25, 0.3) is 0 Å². The minimum absolute atomic E-state index is 0.0693. The van der Waals surface area contributed by atoms with Crippen molar-refractivity contribution in [3.8, 4) is 0 Å². The van der Waals surface area contributed by atoms with Gasteiger partial charge in [-0.1, -0.05) is 17.7 Å². The van der Waals surface area contributed by atoms with Crippen LogP contribution in [0.2, 0.25) is 5.02 Å². The van der Waals surface area contributed by atoms with E-state index in [4.69, 9.17) is 17.3 Å². The van der Waals surface area contributed by atoms with E-state index in [-0.39, 0.29) is 6.04 Å². The molecule has 0 amide bonds. The summed E-state index contributed by atoms with van der Waals surface area (Å²) in [5.41, 5.74) is 7.75. The molecule has 1 unspecified atom stereocenters. The van der Waals surface area contributed by atoms with Gasteiger partial charge in [-0.3, -0.25) is 4.68 Å². The van der Waals surface area contributed by atoms with Gasteiger partial charge in [0.2, 0.25) is 0 Å². The molecule has 4 heteroatoms. The van der Waals surface area contributed by atoms with Gasteiger partial charge >= 0.3 is 0 Å². The summed E-state index contributed by atoms with van der Waals surface area (Å²) >= 11 is 6.09. The van der Waals surface area contributed by atoms with Crippen LogP contribution in [0.15, 0.2) is 12.7 Å². The average molecular weight is 214 g/mol. The topological polar surface area (TPSA) is 43.8 Å². The fourth-order valence-electron chi connectivity index (χ4n) is 1.45. The van der Waals surface area contributed by atoms with Crippen molar-refractivity contribution < 1.29 is 0 Å². The van der Waals surface area contributed by atoms with Crippen LogP contribution in [-0.2, 0) is 13.5 Å². The first-order chi connectivity index (χ1) is 6.56. The monoisotopic (exact) mass is 213 g/mol. The first-order valence-corrected chi connectivity index (χ1v) is 4.98. The van der Waals surface area contributed by atoms with Gasteiger partial charge in [-0.05, 0) is 13.3 Å². The van der Waals surface area contributed by atoms with Gasteiger partial charge in [-0.25, -0.2) is 0 Å². The third-order valence-electron chi connectivity index (χ3n) is 2.19. The van der Waals surface area contributed by atoms with Gasteiger partial charge in [0, 0.05) is 19.5 Å². The number of aryl methyl sites for hydroxylation is 2. The van der Waals surface area contributed by atoms with Crippen molar-refractivity contribution in [2.45, 2.75) is 25.8 Å². The Bertz CT molecular complexity index is 330. The molecular formula is C10H16ClN3. The Morgan fingerprint density at radius 2 is 2.36 bits per heavy atom. The van der Waals surface area contributed by atoms with Crippen LogP contribution in [0.3, 0.4) is 0 Å². The molecule has 0 saturated heterocycles. The summed E-state index contributed by atoms with van der Waals surface area (Å²) in [5.74, 6) is 0. The molecule has 0 spiro atoms. The molecule has 0 aliphatic carbocycles. The standard InChI is InChI=1S/C10H16ClN3/c1-4-5-8(12)6-9-10(11)7(2)13-14(9)3/h4,8H,1,5-6,12H2,2-3H3. The van der Waals surface area contributed by atoms with Crippen LogP contribution in [0, 0.1) is 6.92 Å². The fourth-order valence-corrected chi connectivity index (χ4v) is 1.68. The van der Waals surface area contributed by atoms with Crippen molar-refractivity contribution in [3.63, 3.8) is 0 Å². The van der Waals surface area contributed by atoms with Crippen LogP contribution in [0.1, 0.15) is 17.8 Å². The molecule has 0 aliphatic heterocycles. The number of rotatable bonds is 4. The van der Waals surface area contributed by atoms with E-state index in [1.54, 1.807) is 4.68 Å². The van der Waals surface area contributed by atoms with E-state index in [0.29, 0.717) is 0 Å². The molecule has 0 radical (unpaired) electrons. The summed E-state index contributed by atoms with van der Waals surface area (Å²) in [5, 5.41) is 4.96. The van der Waals surface area contributed by atoms with E-state index in [0.717, 1.165) is 29.3 Å². The highest BCUT2D eigenvalue weighted by atomic mass is 35.5. The predicted octanol–water partition coefficient (Wildman–Crippen LogP) is 1.83. The van der Waals surface area contributed by atoms with E-state index in [9.17, 15) is 0 Å². The van der Waals surface area contributed by atoms with Crippen LogP contribution in [-0.4, -0.2) is 15.8 Å². The van der Waals surface area contributed by atoms with E-state index >= 15 is 0 Å². The van der Waals surface area contributed by atoms with Crippen molar-refractivity contribution in [2.24, 2.45) is 12.8 Å². The first kappa shape index (κ1) is 11.3. The summed E-state index contributed by atoms with van der Waals surface area (Å²) in [6, 6.07) is 0.0693. The van der Waals surface area contributed by atoms with Crippen LogP contribution < -0.4 is 5.73 Å². The molecular weight excluding hydrogens is 198 g/mol. The quantitative estimate of drug-likeness (QED) is 0.776. The molecule has 1 aromatic heterocycles. The third kappa shape index (κ3) is 2.36. The fraction of sp³-hybridized carbons (Fsp3) is 0.500. The number of nitrogens with zero attached hydrogens (tertiary/aromatic N) is 2. The zero-order chi connectivity index (χ0) is 10.7. The smallest absolute Gasteiger partial charge is 0.0847 e. The Morgan fingerprint density at radius 3 is 2.79 bits per heavy atom. The minimum atomic E-state index is 0.0693. The lowest BCUT2D eigenvalue weighted by atomic mass is 10.1. The van der Waals surface area contributed by atoms with Crippen molar-refractivity contribution in [1.29, 1.82) is 0 Å². The van der Waals surface area contributed by atoms with Crippen LogP contribution >= 0.6 is 11.6 Å². The second kappa shape index (κ2) is 4.62. The molecule has 0 bridgehead atoms. The molecule has 14 heavy (non-hydrogen) atoms. The Hall–Kier alpha value is -0.800. The number of hydrogen-bond acceptors (Lipinski definition) is 2. The van der Waals surface area contributed by atoms with E-state index in [2.05, 4.69) is 11.7 Å². The molecule has 3 nitrogen and oxygen atoms in total. The Kier molecular flexibility index (Phi) is 3.72. The Morgan fingerprint density at radius 1 is 1.71 bits per heavy atom. The highest BCUT2D eigenvalue weighted by molar-refractivity contribution is 6.31. The highest BCUT2D eigenvalue weighted by Gasteiger charge is 2.13. The number of nitrogens with two attached hydrogens (primary N) is 1. The Balaban J connectivity index is 2.80. The maximum atomic E-state index is 6.09. The zero-order valence-electron chi connectivity index (χ0n) is 8.63. The number of halogens is 1. The molecule has 1 rings (SSSR count). The Labute approximate surface area is 89.5 Å². The van der Waals surface area contributed by atoms with Gasteiger partial charge in [-0.2, -0.15) is 5.10 Å². The minimum Gasteiger partial charge on any atom is -0.327 e. The van der Waals surface area contributed by atoms with Gasteiger partial charge in [0.05, 0.1) is 16.4 Å². The van der Waals surface area contributed by atoms with Crippen LogP contribution in [0.5, 0.6) is 0 Å². The maximum absolute atomic E-state index is 6.09. The summed E-state index contributed by atoms with van der Waals surface area (Å²) in [7, 11) is 1.88. The number of hydrogen-bond donors (Lipinski definition) is 1. The normalized spacial score (nSPS) is 12.9. The SMILES string of the molecule is C=CCC(N)Cc1c(Cl)c(C)nn1C. The van der Waals surface area contributed by atoms with Gasteiger partial charge in [0.25, 0.3) is 0 Å². The van der Waals surface area contributed by atoms with E-state index in [1.165, 1.54) is 0 Å². The third-order valence-corrected chi connectivity index (χ3v) is 2.68. The molecule has 0 saturated carbocycles. The largest absolute Gasteiger partial charge is 0.327 e. The lowest BCUT2D eigenvalue weighted by molar-refractivity contribution is 0.621. The van der Waals surface area contributed by atoms with Gasteiger partial charge < -0.3 is 5.73 Å². The van der Waals surface area contributed by atoms with Crippen molar-refractivity contribution in [3.05, 3.63) is 29.1 Å². The van der Waals surface area contributed by atoms with Crippen molar-refractivity contribution in [2.75, 3.05) is 0 Å². The second-order valence-electron chi connectivity index (χ2n) is 3.46. The second-order valence-corrected chi connectivity index (χ2v) is 3.84. The molecule has 1 heterocycles. The predicted molar refractivity (Wildman–Crippen MR) is 59.4 cm³/mol. The molecule has 1 atom stereocenters. The van der Waals surface area contributed by atoms with Crippen LogP contribution in [0.4, 0.5) is 0 Å².